The number of aromatic nitrogens is 1. The minimum absolute atomic E-state index is 0.147. The van der Waals surface area contributed by atoms with Gasteiger partial charge in [0.05, 0.1) is 6.07 Å². The minimum Gasteiger partial charge on any atom is -0.399 e. The van der Waals surface area contributed by atoms with Crippen molar-refractivity contribution in [2.45, 2.75) is 13.8 Å². The molecule has 0 aliphatic heterocycles. The van der Waals surface area contributed by atoms with Crippen LogP contribution >= 0.6 is 0 Å². The molecule has 6 nitrogen and oxygen atoms in total. The van der Waals surface area contributed by atoms with Crippen LogP contribution in [0.5, 0.6) is 5.88 Å². The molecule has 1 amide bonds. The summed E-state index contributed by atoms with van der Waals surface area (Å²) in [5.74, 6) is 0.668. The SMILES string of the molecule is CCN(CC)C(=O)Oc1cc(-c2ccc(N)cc2)on1. The van der Waals surface area contributed by atoms with Crippen molar-refractivity contribution in [2.24, 2.45) is 0 Å². The maximum Gasteiger partial charge on any atom is 0.416 e. The van der Waals surface area contributed by atoms with Crippen LogP contribution in [-0.2, 0) is 0 Å². The minimum atomic E-state index is -0.438. The molecule has 106 valence electrons. The van der Waals surface area contributed by atoms with Crippen molar-refractivity contribution < 1.29 is 14.1 Å². The van der Waals surface area contributed by atoms with Gasteiger partial charge in [0.1, 0.15) is 0 Å². The number of nitrogens with two attached hydrogens (primary N) is 1. The zero-order valence-electron chi connectivity index (χ0n) is 11.5. The van der Waals surface area contributed by atoms with Crippen LogP contribution in [0.1, 0.15) is 13.8 Å². The number of rotatable bonds is 4. The Morgan fingerprint density at radius 2 is 1.95 bits per heavy atom. The topological polar surface area (TPSA) is 81.6 Å². The van der Waals surface area contributed by atoms with Gasteiger partial charge in [-0.2, -0.15) is 0 Å². The van der Waals surface area contributed by atoms with Crippen LogP contribution < -0.4 is 10.5 Å². The Bertz CT molecular complexity index is 574. The molecular weight excluding hydrogens is 258 g/mol. The second kappa shape index (κ2) is 6.10. The predicted octanol–water partition coefficient (Wildman–Crippen LogP) is 2.76. The second-order valence-electron chi connectivity index (χ2n) is 4.19. The molecule has 1 aromatic heterocycles. The van der Waals surface area contributed by atoms with Crippen molar-refractivity contribution >= 4 is 11.8 Å². The maximum atomic E-state index is 11.8. The first-order chi connectivity index (χ1) is 9.63. The van der Waals surface area contributed by atoms with E-state index in [1.54, 1.807) is 23.1 Å². The summed E-state index contributed by atoms with van der Waals surface area (Å²) in [6, 6.07) is 8.73. The molecule has 2 N–H and O–H groups in total. The van der Waals surface area contributed by atoms with E-state index < -0.39 is 6.09 Å². The molecule has 0 aliphatic rings. The summed E-state index contributed by atoms with van der Waals surface area (Å²) in [5, 5.41) is 3.73. The Hall–Kier alpha value is -2.50. The quantitative estimate of drug-likeness (QED) is 0.868. The van der Waals surface area contributed by atoms with Crippen molar-refractivity contribution in [3.8, 4) is 17.2 Å². The van der Waals surface area contributed by atoms with Crippen LogP contribution in [0, 0.1) is 0 Å². The standard InChI is InChI=1S/C14H17N3O3/c1-3-17(4-2)14(18)19-13-9-12(20-16-13)10-5-7-11(15)8-6-10/h5-9H,3-4,15H2,1-2H3. The number of nitrogens with zero attached hydrogens (tertiary/aromatic N) is 2. The lowest BCUT2D eigenvalue weighted by atomic mass is 10.1. The lowest BCUT2D eigenvalue weighted by molar-refractivity contribution is 0.153. The number of carbonyl (C=O) groups excluding carboxylic acids is 1. The molecule has 6 heteroatoms. The number of hydrogen-bond acceptors (Lipinski definition) is 5. The lowest BCUT2D eigenvalue weighted by Crippen LogP contribution is -2.33. The largest absolute Gasteiger partial charge is 0.416 e. The molecule has 0 saturated heterocycles. The molecule has 0 fully saturated rings. The van der Waals surface area contributed by atoms with Gasteiger partial charge in [0.25, 0.3) is 5.88 Å². The Balaban J connectivity index is 2.09. The fourth-order valence-electron chi connectivity index (χ4n) is 1.73. The lowest BCUT2D eigenvalue weighted by Gasteiger charge is -2.16. The fraction of sp³-hybridized carbons (Fsp3) is 0.286. The third-order valence-electron chi connectivity index (χ3n) is 2.90. The van der Waals surface area contributed by atoms with Crippen molar-refractivity contribution in [2.75, 3.05) is 18.8 Å². The van der Waals surface area contributed by atoms with Gasteiger partial charge in [-0.1, -0.05) is 0 Å². The number of ether oxygens (including phenoxy) is 1. The van der Waals surface area contributed by atoms with Crippen LogP contribution in [0.3, 0.4) is 0 Å². The molecule has 0 saturated carbocycles. The molecule has 0 aliphatic carbocycles. The van der Waals surface area contributed by atoms with Crippen LogP contribution in [-0.4, -0.2) is 29.2 Å². The van der Waals surface area contributed by atoms with Gasteiger partial charge in [-0.25, -0.2) is 4.79 Å². The number of amides is 1. The third-order valence-corrected chi connectivity index (χ3v) is 2.90. The Kier molecular flexibility index (Phi) is 4.24. The van der Waals surface area contributed by atoms with E-state index in [1.807, 2.05) is 26.0 Å². The van der Waals surface area contributed by atoms with Crippen LogP contribution in [0.15, 0.2) is 34.9 Å². The summed E-state index contributed by atoms with van der Waals surface area (Å²) in [7, 11) is 0. The number of nitrogen functional groups attached to an aromatic ring is 1. The number of carbonyl (C=O) groups is 1. The number of anilines is 1. The maximum absolute atomic E-state index is 11.8. The molecule has 0 spiro atoms. The highest BCUT2D eigenvalue weighted by Crippen LogP contribution is 2.24. The first kappa shape index (κ1) is 13.9. The number of benzene rings is 1. The first-order valence-corrected chi connectivity index (χ1v) is 6.43. The van der Waals surface area contributed by atoms with E-state index in [-0.39, 0.29) is 5.88 Å². The van der Waals surface area contributed by atoms with E-state index in [1.165, 1.54) is 0 Å². The molecule has 0 bridgehead atoms. The average molecular weight is 275 g/mol. The molecule has 0 unspecified atom stereocenters. The van der Waals surface area contributed by atoms with E-state index in [9.17, 15) is 4.79 Å². The molecule has 1 heterocycles. The normalized spacial score (nSPS) is 10.3. The van der Waals surface area contributed by atoms with Crippen LogP contribution in [0.2, 0.25) is 0 Å². The van der Waals surface area contributed by atoms with Crippen molar-refractivity contribution in [3.63, 3.8) is 0 Å². The van der Waals surface area contributed by atoms with E-state index in [0.717, 1.165) is 5.56 Å². The predicted molar refractivity (Wildman–Crippen MR) is 75.3 cm³/mol. The Morgan fingerprint density at radius 3 is 2.55 bits per heavy atom. The van der Waals surface area contributed by atoms with Gasteiger partial charge < -0.3 is 19.9 Å². The zero-order chi connectivity index (χ0) is 14.5. The molecule has 20 heavy (non-hydrogen) atoms. The third kappa shape index (κ3) is 3.09. The summed E-state index contributed by atoms with van der Waals surface area (Å²) in [6.07, 6.45) is -0.438. The van der Waals surface area contributed by atoms with E-state index in [0.29, 0.717) is 24.5 Å². The van der Waals surface area contributed by atoms with Gasteiger partial charge in [0.15, 0.2) is 5.76 Å². The molecule has 2 aromatic rings. The van der Waals surface area contributed by atoms with Gasteiger partial charge in [-0.05, 0) is 43.3 Å². The Morgan fingerprint density at radius 1 is 1.30 bits per heavy atom. The molecule has 1 aromatic carbocycles. The molecule has 2 rings (SSSR count). The van der Waals surface area contributed by atoms with Crippen molar-refractivity contribution in [1.29, 1.82) is 0 Å². The zero-order valence-corrected chi connectivity index (χ0v) is 11.5. The monoisotopic (exact) mass is 275 g/mol. The second-order valence-corrected chi connectivity index (χ2v) is 4.19. The van der Waals surface area contributed by atoms with E-state index in [4.69, 9.17) is 15.0 Å². The highest BCUT2D eigenvalue weighted by Gasteiger charge is 2.15. The molecule has 0 radical (unpaired) electrons. The summed E-state index contributed by atoms with van der Waals surface area (Å²) in [5.41, 5.74) is 7.10. The highest BCUT2D eigenvalue weighted by molar-refractivity contribution is 5.70. The van der Waals surface area contributed by atoms with Gasteiger partial charge in [0, 0.05) is 24.3 Å². The fourth-order valence-corrected chi connectivity index (χ4v) is 1.73. The summed E-state index contributed by atoms with van der Waals surface area (Å²) in [6.45, 7) is 4.93. The van der Waals surface area contributed by atoms with Gasteiger partial charge in [-0.15, -0.1) is 0 Å². The average Bonchev–Trinajstić information content (AvgIpc) is 2.89. The molecule has 0 atom stereocenters. The van der Waals surface area contributed by atoms with E-state index >= 15 is 0 Å². The smallest absolute Gasteiger partial charge is 0.399 e. The first-order valence-electron chi connectivity index (χ1n) is 6.43. The van der Waals surface area contributed by atoms with Crippen LogP contribution in [0.4, 0.5) is 10.5 Å². The summed E-state index contributed by atoms with van der Waals surface area (Å²) < 4.78 is 10.3. The highest BCUT2D eigenvalue weighted by atomic mass is 16.6. The van der Waals surface area contributed by atoms with Gasteiger partial charge in [0.2, 0.25) is 0 Å². The van der Waals surface area contributed by atoms with Crippen molar-refractivity contribution in [3.05, 3.63) is 30.3 Å². The van der Waals surface area contributed by atoms with Gasteiger partial charge in [-0.3, -0.25) is 0 Å². The van der Waals surface area contributed by atoms with Crippen molar-refractivity contribution in [1.82, 2.24) is 10.1 Å². The van der Waals surface area contributed by atoms with E-state index in [2.05, 4.69) is 5.16 Å². The summed E-state index contributed by atoms with van der Waals surface area (Å²) >= 11 is 0. The molecular formula is C14H17N3O3. The summed E-state index contributed by atoms with van der Waals surface area (Å²) in [4.78, 5) is 13.3. The number of hydrogen-bond donors (Lipinski definition) is 1. The van der Waals surface area contributed by atoms with Crippen LogP contribution in [0.25, 0.3) is 11.3 Å². The van der Waals surface area contributed by atoms with Gasteiger partial charge >= 0.3 is 6.09 Å². The Labute approximate surface area is 117 Å².